The van der Waals surface area contributed by atoms with E-state index < -0.39 is 0 Å². The van der Waals surface area contributed by atoms with E-state index in [0.717, 1.165) is 27.6 Å². The molecule has 0 unspecified atom stereocenters. The van der Waals surface area contributed by atoms with Crippen molar-refractivity contribution in [2.75, 3.05) is 26.6 Å². The van der Waals surface area contributed by atoms with Crippen LogP contribution < -0.4 is 19.5 Å². The van der Waals surface area contributed by atoms with E-state index >= 15 is 0 Å². The van der Waals surface area contributed by atoms with Crippen molar-refractivity contribution in [2.24, 2.45) is 0 Å². The molecule has 0 radical (unpaired) electrons. The summed E-state index contributed by atoms with van der Waals surface area (Å²) in [6, 6.07) is 22.3. The van der Waals surface area contributed by atoms with Gasteiger partial charge in [-0.1, -0.05) is 11.3 Å². The first-order valence-electron chi connectivity index (χ1n) is 11.7. The van der Waals surface area contributed by atoms with Gasteiger partial charge in [0.25, 0.3) is 0 Å². The van der Waals surface area contributed by atoms with E-state index in [1.165, 1.54) is 17.4 Å². The number of hydrogen-bond acceptors (Lipinski definition) is 8. The zero-order valence-electron chi connectivity index (χ0n) is 21.0. The van der Waals surface area contributed by atoms with Gasteiger partial charge in [0.15, 0.2) is 5.82 Å². The van der Waals surface area contributed by atoms with Gasteiger partial charge in [0, 0.05) is 22.9 Å². The minimum absolute atomic E-state index is 0.293. The molecule has 0 bridgehead atoms. The molecule has 2 aromatic heterocycles. The molecule has 5 aromatic rings. The highest BCUT2D eigenvalue weighted by molar-refractivity contribution is 7.21. The van der Waals surface area contributed by atoms with Gasteiger partial charge in [0.05, 0.1) is 27.0 Å². The Labute approximate surface area is 223 Å². The van der Waals surface area contributed by atoms with Crippen LogP contribution in [-0.2, 0) is 4.79 Å². The van der Waals surface area contributed by atoms with Crippen LogP contribution in [0.1, 0.15) is 5.69 Å². The zero-order chi connectivity index (χ0) is 26.5. The predicted octanol–water partition coefficient (Wildman–Crippen LogP) is 6.10. The molecule has 0 atom stereocenters. The third kappa shape index (κ3) is 5.47. The summed E-state index contributed by atoms with van der Waals surface area (Å²) >= 11 is 1.46. The molecule has 0 aliphatic rings. The number of benzene rings is 3. The van der Waals surface area contributed by atoms with E-state index in [-0.39, 0.29) is 5.91 Å². The second-order valence-corrected chi connectivity index (χ2v) is 9.09. The quantitative estimate of drug-likeness (QED) is 0.245. The highest BCUT2D eigenvalue weighted by Crippen LogP contribution is 2.33. The summed E-state index contributed by atoms with van der Waals surface area (Å²) in [6.07, 6.45) is 3.10. The van der Waals surface area contributed by atoms with Crippen LogP contribution in [0.15, 0.2) is 78.9 Å². The molecule has 2 heterocycles. The standard InChI is InChI=1S/C29H24N4O4S/c1-35-21-10-4-18(5-11-21)27-31-24(16-17-25(34)30-20-8-14-23(37-3)15-9-20)26-29(33-27)38-28(32-26)19-6-12-22(36-2)13-7-19/h4-17H,1-3H3,(H,30,34)/b17-16+. The Bertz CT molecular complexity index is 1600. The minimum Gasteiger partial charge on any atom is -0.497 e. The third-order valence-corrected chi connectivity index (χ3v) is 6.72. The van der Waals surface area contributed by atoms with E-state index in [0.29, 0.717) is 33.3 Å². The molecule has 8 nitrogen and oxygen atoms in total. The van der Waals surface area contributed by atoms with E-state index in [9.17, 15) is 4.79 Å². The summed E-state index contributed by atoms with van der Waals surface area (Å²) < 4.78 is 15.7. The van der Waals surface area contributed by atoms with Crippen molar-refractivity contribution in [3.05, 3.63) is 84.6 Å². The number of aromatic nitrogens is 3. The number of thiazole rings is 1. The van der Waals surface area contributed by atoms with Crippen molar-refractivity contribution in [1.82, 2.24) is 15.0 Å². The summed E-state index contributed by atoms with van der Waals surface area (Å²) in [7, 11) is 4.85. The number of hydrogen-bond donors (Lipinski definition) is 1. The molecule has 190 valence electrons. The first-order chi connectivity index (χ1) is 18.6. The average Bonchev–Trinajstić information content (AvgIpc) is 3.41. The molecule has 1 N–H and O–H groups in total. The minimum atomic E-state index is -0.293. The topological polar surface area (TPSA) is 95.5 Å². The lowest BCUT2D eigenvalue weighted by atomic mass is 10.2. The summed E-state index contributed by atoms with van der Waals surface area (Å²) in [5.41, 5.74) is 3.58. The Morgan fingerprint density at radius 1 is 0.737 bits per heavy atom. The molecule has 3 aromatic carbocycles. The highest BCUT2D eigenvalue weighted by atomic mass is 32.1. The molecule has 38 heavy (non-hydrogen) atoms. The molecule has 0 spiro atoms. The van der Waals surface area contributed by atoms with E-state index in [1.54, 1.807) is 51.7 Å². The van der Waals surface area contributed by atoms with E-state index in [1.807, 2.05) is 48.5 Å². The first kappa shape index (κ1) is 24.9. The summed E-state index contributed by atoms with van der Waals surface area (Å²) in [4.78, 5) is 27.7. The number of fused-ring (bicyclic) bond motifs is 1. The lowest BCUT2D eigenvalue weighted by Crippen LogP contribution is -2.07. The van der Waals surface area contributed by atoms with Gasteiger partial charge in [-0.05, 0) is 78.9 Å². The molecule has 1 amide bonds. The van der Waals surface area contributed by atoms with Crippen LogP contribution in [0.4, 0.5) is 5.69 Å². The Morgan fingerprint density at radius 2 is 1.29 bits per heavy atom. The molecule has 0 saturated heterocycles. The maximum Gasteiger partial charge on any atom is 0.248 e. The maximum absolute atomic E-state index is 12.7. The van der Waals surface area contributed by atoms with Crippen molar-refractivity contribution < 1.29 is 19.0 Å². The van der Waals surface area contributed by atoms with Crippen LogP contribution in [-0.4, -0.2) is 42.2 Å². The molecule has 9 heteroatoms. The first-order valence-corrected chi connectivity index (χ1v) is 12.5. The van der Waals surface area contributed by atoms with Crippen LogP contribution in [0.3, 0.4) is 0 Å². The molecule has 0 aliphatic carbocycles. The van der Waals surface area contributed by atoms with Crippen LogP contribution in [0, 0.1) is 0 Å². The molecular weight excluding hydrogens is 500 g/mol. The van der Waals surface area contributed by atoms with Crippen LogP contribution in [0.5, 0.6) is 17.2 Å². The van der Waals surface area contributed by atoms with Crippen molar-refractivity contribution in [2.45, 2.75) is 0 Å². The Kier molecular flexibility index (Phi) is 7.28. The molecule has 0 saturated carbocycles. The van der Waals surface area contributed by atoms with Crippen LogP contribution in [0.25, 0.3) is 38.4 Å². The number of carbonyl (C=O) groups excluding carboxylic acids is 1. The lowest BCUT2D eigenvalue weighted by molar-refractivity contribution is -0.111. The van der Waals surface area contributed by atoms with Crippen LogP contribution >= 0.6 is 11.3 Å². The summed E-state index contributed by atoms with van der Waals surface area (Å²) in [5, 5.41) is 3.64. The van der Waals surface area contributed by atoms with Gasteiger partial charge < -0.3 is 19.5 Å². The second kappa shape index (κ2) is 11.1. The third-order valence-electron chi connectivity index (χ3n) is 5.72. The summed E-state index contributed by atoms with van der Waals surface area (Å²) in [5.74, 6) is 2.45. The molecular formula is C29H24N4O4S. The number of amides is 1. The van der Waals surface area contributed by atoms with Gasteiger partial charge in [0.2, 0.25) is 5.91 Å². The van der Waals surface area contributed by atoms with E-state index in [2.05, 4.69) is 5.32 Å². The lowest BCUT2D eigenvalue weighted by Gasteiger charge is -2.05. The fourth-order valence-electron chi connectivity index (χ4n) is 3.70. The number of nitrogens with zero attached hydrogens (tertiary/aromatic N) is 3. The van der Waals surface area contributed by atoms with Crippen molar-refractivity contribution in [3.8, 4) is 39.2 Å². The van der Waals surface area contributed by atoms with Crippen molar-refractivity contribution in [3.63, 3.8) is 0 Å². The smallest absolute Gasteiger partial charge is 0.248 e. The summed E-state index contributed by atoms with van der Waals surface area (Å²) in [6.45, 7) is 0. The van der Waals surface area contributed by atoms with Gasteiger partial charge in [-0.15, -0.1) is 0 Å². The zero-order valence-corrected chi connectivity index (χ0v) is 21.8. The number of methoxy groups -OCH3 is 3. The predicted molar refractivity (Wildman–Crippen MR) is 150 cm³/mol. The normalized spacial score (nSPS) is 11.0. The fourth-order valence-corrected chi connectivity index (χ4v) is 4.65. The van der Waals surface area contributed by atoms with Gasteiger partial charge in [-0.25, -0.2) is 15.0 Å². The second-order valence-electron chi connectivity index (χ2n) is 8.11. The van der Waals surface area contributed by atoms with Gasteiger partial charge in [-0.3, -0.25) is 4.79 Å². The molecule has 0 fully saturated rings. The Morgan fingerprint density at radius 3 is 1.87 bits per heavy atom. The van der Waals surface area contributed by atoms with Gasteiger partial charge >= 0.3 is 0 Å². The van der Waals surface area contributed by atoms with Crippen molar-refractivity contribution in [1.29, 1.82) is 0 Å². The largest absolute Gasteiger partial charge is 0.497 e. The van der Waals surface area contributed by atoms with Crippen molar-refractivity contribution >= 4 is 39.4 Å². The fraction of sp³-hybridized carbons (Fsp3) is 0.103. The number of nitrogens with one attached hydrogen (secondary N) is 1. The maximum atomic E-state index is 12.7. The Hall–Kier alpha value is -4.76. The van der Waals surface area contributed by atoms with Crippen LogP contribution in [0.2, 0.25) is 0 Å². The number of ether oxygens (including phenoxy) is 3. The monoisotopic (exact) mass is 524 g/mol. The number of carbonyl (C=O) groups is 1. The van der Waals surface area contributed by atoms with Gasteiger partial charge in [-0.2, -0.15) is 0 Å². The van der Waals surface area contributed by atoms with Gasteiger partial charge in [0.1, 0.15) is 32.6 Å². The average molecular weight is 525 g/mol. The number of rotatable bonds is 8. The molecule has 5 rings (SSSR count). The van der Waals surface area contributed by atoms with E-state index in [4.69, 9.17) is 29.2 Å². The molecule has 0 aliphatic heterocycles. The number of anilines is 1. The highest BCUT2D eigenvalue weighted by Gasteiger charge is 2.15. The Balaban J connectivity index is 1.51. The SMILES string of the molecule is COc1ccc(NC(=O)/C=C/c2nc(-c3ccc(OC)cc3)nc3sc(-c4ccc(OC)cc4)nc23)cc1.